The molecule has 0 rings (SSSR count). The van der Waals surface area contributed by atoms with Crippen LogP contribution < -0.4 is 0 Å². The van der Waals surface area contributed by atoms with Crippen molar-refractivity contribution in [1.82, 2.24) is 0 Å². The second kappa shape index (κ2) is 10.8. The Kier molecular flexibility index (Phi) is 10.7. The molecule has 0 aromatic heterocycles. The summed E-state index contributed by atoms with van der Waals surface area (Å²) in [6.07, 6.45) is -0.610. The number of hydrogen-bond acceptors (Lipinski definition) is 6. The van der Waals surface area contributed by atoms with Crippen molar-refractivity contribution in [3.05, 3.63) is 0 Å². The number of aliphatic hydroxyl groups is 3. The number of rotatable bonds is 10. The zero-order valence-electron chi connectivity index (χ0n) is 8.09. The number of aliphatic hydroxyl groups excluding tert-OH is 3. The van der Waals surface area contributed by atoms with Crippen molar-refractivity contribution < 1.29 is 29.5 Å². The Morgan fingerprint density at radius 1 is 0.786 bits per heavy atom. The fourth-order valence-corrected chi connectivity index (χ4v) is 0.757. The molecule has 0 unspecified atom stereocenters. The molecule has 14 heavy (non-hydrogen) atoms. The SMILES string of the molecule is OCCOCC(OCCO)OCCO. The molecule has 0 aromatic carbocycles. The van der Waals surface area contributed by atoms with Gasteiger partial charge >= 0.3 is 0 Å². The zero-order chi connectivity index (χ0) is 10.6. The maximum Gasteiger partial charge on any atom is 0.181 e. The largest absolute Gasteiger partial charge is 0.394 e. The third-order valence-corrected chi connectivity index (χ3v) is 1.28. The van der Waals surface area contributed by atoms with Gasteiger partial charge in [-0.2, -0.15) is 0 Å². The van der Waals surface area contributed by atoms with Crippen LogP contribution in [-0.4, -0.2) is 67.9 Å². The summed E-state index contributed by atoms with van der Waals surface area (Å²) in [7, 11) is 0. The predicted molar refractivity (Wildman–Crippen MR) is 47.8 cm³/mol. The van der Waals surface area contributed by atoms with E-state index in [2.05, 4.69) is 0 Å². The quantitative estimate of drug-likeness (QED) is 0.295. The molecule has 0 saturated heterocycles. The van der Waals surface area contributed by atoms with E-state index >= 15 is 0 Å². The lowest BCUT2D eigenvalue weighted by molar-refractivity contribution is -0.180. The van der Waals surface area contributed by atoms with Crippen molar-refractivity contribution >= 4 is 0 Å². The first-order valence-corrected chi connectivity index (χ1v) is 4.48. The molecule has 3 N–H and O–H groups in total. The monoisotopic (exact) mass is 210 g/mol. The van der Waals surface area contributed by atoms with E-state index in [1.807, 2.05) is 0 Å². The maximum absolute atomic E-state index is 8.50. The lowest BCUT2D eigenvalue weighted by Gasteiger charge is -2.17. The van der Waals surface area contributed by atoms with Gasteiger partial charge in [0.05, 0.1) is 46.2 Å². The van der Waals surface area contributed by atoms with Gasteiger partial charge in [0.2, 0.25) is 0 Å². The second-order valence-corrected chi connectivity index (χ2v) is 2.42. The molecule has 0 bridgehead atoms. The van der Waals surface area contributed by atoms with Gasteiger partial charge in [-0.25, -0.2) is 0 Å². The Morgan fingerprint density at radius 2 is 1.29 bits per heavy atom. The first-order valence-electron chi connectivity index (χ1n) is 4.48. The summed E-state index contributed by atoms with van der Waals surface area (Å²) in [6.45, 7) is 0.421. The molecule has 6 heteroatoms. The molecule has 0 spiro atoms. The van der Waals surface area contributed by atoms with Gasteiger partial charge in [0.1, 0.15) is 0 Å². The Hall–Kier alpha value is -0.240. The maximum atomic E-state index is 8.50. The van der Waals surface area contributed by atoms with Crippen LogP contribution in [0.3, 0.4) is 0 Å². The Balaban J connectivity index is 3.49. The van der Waals surface area contributed by atoms with Crippen LogP contribution in [0.15, 0.2) is 0 Å². The van der Waals surface area contributed by atoms with E-state index in [4.69, 9.17) is 29.5 Å². The topological polar surface area (TPSA) is 88.4 Å². The van der Waals surface area contributed by atoms with E-state index in [9.17, 15) is 0 Å². The van der Waals surface area contributed by atoms with E-state index in [1.165, 1.54) is 0 Å². The van der Waals surface area contributed by atoms with Crippen LogP contribution in [0.4, 0.5) is 0 Å². The fourth-order valence-electron chi connectivity index (χ4n) is 0.757. The first kappa shape index (κ1) is 13.8. The summed E-state index contributed by atoms with van der Waals surface area (Å²) in [5, 5.41) is 25.4. The van der Waals surface area contributed by atoms with E-state index in [-0.39, 0.29) is 46.2 Å². The minimum Gasteiger partial charge on any atom is -0.394 e. The van der Waals surface area contributed by atoms with Crippen molar-refractivity contribution in [3.63, 3.8) is 0 Å². The molecular formula is C8H18O6. The minimum absolute atomic E-state index is 0.0628. The molecule has 0 heterocycles. The molecule has 0 atom stereocenters. The Bertz CT molecular complexity index is 102. The van der Waals surface area contributed by atoms with Crippen LogP contribution in [0, 0.1) is 0 Å². The summed E-state index contributed by atoms with van der Waals surface area (Å²) in [5.41, 5.74) is 0. The highest BCUT2D eigenvalue weighted by Crippen LogP contribution is 1.96. The molecule has 0 aromatic rings. The van der Waals surface area contributed by atoms with Crippen molar-refractivity contribution in [1.29, 1.82) is 0 Å². The van der Waals surface area contributed by atoms with Crippen molar-refractivity contribution in [3.8, 4) is 0 Å². The summed E-state index contributed by atoms with van der Waals surface area (Å²) < 4.78 is 15.1. The summed E-state index contributed by atoms with van der Waals surface area (Å²) in [5.74, 6) is 0. The Labute approximate surface area is 83.0 Å². The smallest absolute Gasteiger partial charge is 0.181 e. The van der Waals surface area contributed by atoms with Gasteiger partial charge in [-0.3, -0.25) is 0 Å². The third kappa shape index (κ3) is 8.36. The lowest BCUT2D eigenvalue weighted by Crippen LogP contribution is -2.26. The molecule has 0 radical (unpaired) electrons. The summed E-state index contributed by atoms with van der Waals surface area (Å²) in [4.78, 5) is 0. The molecule has 0 amide bonds. The Morgan fingerprint density at radius 3 is 1.71 bits per heavy atom. The fraction of sp³-hybridized carbons (Fsp3) is 1.00. The average molecular weight is 210 g/mol. The van der Waals surface area contributed by atoms with Gasteiger partial charge in [0.25, 0.3) is 0 Å². The van der Waals surface area contributed by atoms with Gasteiger partial charge in [-0.1, -0.05) is 0 Å². The average Bonchev–Trinajstić information content (AvgIpc) is 2.21. The van der Waals surface area contributed by atoms with Gasteiger partial charge in [0.15, 0.2) is 6.29 Å². The predicted octanol–water partition coefficient (Wildman–Crippen LogP) is -1.66. The highest BCUT2D eigenvalue weighted by atomic mass is 16.7. The number of hydrogen-bond donors (Lipinski definition) is 3. The highest BCUT2D eigenvalue weighted by Gasteiger charge is 2.08. The van der Waals surface area contributed by atoms with E-state index in [1.54, 1.807) is 0 Å². The second-order valence-electron chi connectivity index (χ2n) is 2.42. The van der Waals surface area contributed by atoms with Gasteiger partial charge in [-0.05, 0) is 0 Å². The molecule has 6 nitrogen and oxygen atoms in total. The summed E-state index contributed by atoms with van der Waals surface area (Å²) >= 11 is 0. The first-order chi connectivity index (χ1) is 6.85. The van der Waals surface area contributed by atoms with Crippen LogP contribution in [0.2, 0.25) is 0 Å². The van der Waals surface area contributed by atoms with E-state index in [0.717, 1.165) is 0 Å². The van der Waals surface area contributed by atoms with Gasteiger partial charge in [-0.15, -0.1) is 0 Å². The van der Waals surface area contributed by atoms with Crippen molar-refractivity contribution in [2.45, 2.75) is 6.29 Å². The van der Waals surface area contributed by atoms with Crippen LogP contribution in [0.1, 0.15) is 0 Å². The van der Waals surface area contributed by atoms with Crippen LogP contribution >= 0.6 is 0 Å². The number of ether oxygens (including phenoxy) is 3. The van der Waals surface area contributed by atoms with Crippen LogP contribution in [0.5, 0.6) is 0 Å². The molecule has 0 saturated carbocycles. The van der Waals surface area contributed by atoms with Gasteiger partial charge in [0, 0.05) is 0 Å². The van der Waals surface area contributed by atoms with E-state index < -0.39 is 6.29 Å². The zero-order valence-corrected chi connectivity index (χ0v) is 8.09. The van der Waals surface area contributed by atoms with Crippen molar-refractivity contribution in [2.24, 2.45) is 0 Å². The van der Waals surface area contributed by atoms with Crippen LogP contribution in [-0.2, 0) is 14.2 Å². The molecule has 0 aliphatic rings. The minimum atomic E-state index is -0.610. The normalized spacial score (nSPS) is 11.1. The summed E-state index contributed by atoms with van der Waals surface area (Å²) in [6, 6.07) is 0. The van der Waals surface area contributed by atoms with E-state index in [0.29, 0.717) is 0 Å². The molecular weight excluding hydrogens is 192 g/mol. The van der Waals surface area contributed by atoms with Gasteiger partial charge < -0.3 is 29.5 Å². The van der Waals surface area contributed by atoms with Crippen LogP contribution in [0.25, 0.3) is 0 Å². The standard InChI is InChI=1S/C8H18O6/c9-1-4-12-7-8(13-5-2-10)14-6-3-11/h8-11H,1-7H2. The highest BCUT2D eigenvalue weighted by molar-refractivity contribution is 4.43. The van der Waals surface area contributed by atoms with Crippen molar-refractivity contribution in [2.75, 3.05) is 46.2 Å². The molecule has 86 valence electrons. The lowest BCUT2D eigenvalue weighted by atomic mass is 10.6. The molecule has 0 fully saturated rings. The third-order valence-electron chi connectivity index (χ3n) is 1.28. The molecule has 0 aliphatic carbocycles. The molecule has 0 aliphatic heterocycles.